The molecule has 0 spiro atoms. The second kappa shape index (κ2) is 7.33. The van der Waals surface area contributed by atoms with Gasteiger partial charge >= 0.3 is 0 Å². The number of imidazole rings is 1. The minimum absolute atomic E-state index is 0.0425. The maximum Gasteiger partial charge on any atom is 0.181 e. The molecule has 2 aromatic heterocycles. The molecule has 1 aliphatic carbocycles. The molecule has 3 aromatic rings. The number of rotatable bonds is 3. The summed E-state index contributed by atoms with van der Waals surface area (Å²) in [5.41, 5.74) is 3.43. The van der Waals surface area contributed by atoms with E-state index in [0.717, 1.165) is 41.5 Å². The smallest absolute Gasteiger partial charge is 0.181 e. The van der Waals surface area contributed by atoms with Crippen LogP contribution in [0.4, 0.5) is 10.2 Å². The number of aromatic nitrogens is 3. The molecule has 0 radical (unpaired) electrons. The third kappa shape index (κ3) is 3.27. The van der Waals surface area contributed by atoms with Gasteiger partial charge in [0, 0.05) is 37.0 Å². The van der Waals surface area contributed by atoms with Crippen LogP contribution >= 0.6 is 0 Å². The number of halogens is 1. The first kappa shape index (κ1) is 17.9. The Labute approximate surface area is 167 Å². The van der Waals surface area contributed by atoms with E-state index in [1.165, 1.54) is 12.1 Å². The van der Waals surface area contributed by atoms with E-state index in [2.05, 4.69) is 14.3 Å². The number of allylic oxidation sites excluding steroid dienone is 3. The molecular formula is C22H21FN4O2. The minimum Gasteiger partial charge on any atom is -0.508 e. The van der Waals surface area contributed by atoms with Gasteiger partial charge in [-0.2, -0.15) is 0 Å². The van der Waals surface area contributed by atoms with Gasteiger partial charge in [-0.15, -0.1) is 0 Å². The summed E-state index contributed by atoms with van der Waals surface area (Å²) >= 11 is 0. The fourth-order valence-electron chi connectivity index (χ4n) is 3.97. The molecule has 5 rings (SSSR count). The normalized spacial score (nSPS) is 19.6. The molecule has 148 valence electrons. The maximum atomic E-state index is 13.5. The molecule has 6 nitrogen and oxygen atoms in total. The lowest BCUT2D eigenvalue weighted by Crippen LogP contribution is -2.37. The van der Waals surface area contributed by atoms with E-state index in [0.29, 0.717) is 19.6 Å². The van der Waals surface area contributed by atoms with Crippen molar-refractivity contribution in [3.63, 3.8) is 0 Å². The van der Waals surface area contributed by atoms with E-state index in [1.54, 1.807) is 24.4 Å². The summed E-state index contributed by atoms with van der Waals surface area (Å²) in [6.45, 7) is 2.86. The summed E-state index contributed by atoms with van der Waals surface area (Å²) in [6, 6.07) is 6.41. The number of anilines is 1. The van der Waals surface area contributed by atoms with E-state index in [4.69, 9.17) is 9.72 Å². The van der Waals surface area contributed by atoms with Gasteiger partial charge in [-0.25, -0.2) is 14.4 Å². The SMILES string of the molecule is OC1=CCC(c2c(-c3ccc(F)cc3)nc3c(N4CCOCC4)nccn23)C=C1. The number of hydrogen-bond donors (Lipinski definition) is 1. The molecule has 1 N–H and O–H groups in total. The van der Waals surface area contributed by atoms with Crippen LogP contribution in [0.3, 0.4) is 0 Å². The largest absolute Gasteiger partial charge is 0.508 e. The van der Waals surface area contributed by atoms with Gasteiger partial charge in [0.05, 0.1) is 24.6 Å². The zero-order valence-electron chi connectivity index (χ0n) is 15.8. The zero-order valence-corrected chi connectivity index (χ0v) is 15.8. The van der Waals surface area contributed by atoms with E-state index in [-0.39, 0.29) is 17.5 Å². The third-order valence-corrected chi connectivity index (χ3v) is 5.42. The average Bonchev–Trinajstić information content (AvgIpc) is 3.15. The number of fused-ring (bicyclic) bond motifs is 1. The van der Waals surface area contributed by atoms with Gasteiger partial charge in [-0.05, 0) is 42.8 Å². The highest BCUT2D eigenvalue weighted by Crippen LogP contribution is 2.36. The van der Waals surface area contributed by atoms with E-state index < -0.39 is 0 Å². The lowest BCUT2D eigenvalue weighted by molar-refractivity contribution is 0.122. The number of hydrogen-bond acceptors (Lipinski definition) is 5. The molecule has 1 fully saturated rings. The van der Waals surface area contributed by atoms with Crippen LogP contribution in [-0.4, -0.2) is 45.8 Å². The van der Waals surface area contributed by atoms with Crippen LogP contribution in [0.2, 0.25) is 0 Å². The first-order chi connectivity index (χ1) is 14.2. The summed E-state index contributed by atoms with van der Waals surface area (Å²) in [6.07, 6.45) is 9.88. The second-order valence-corrected chi connectivity index (χ2v) is 7.23. The van der Waals surface area contributed by atoms with Gasteiger partial charge in [0.1, 0.15) is 11.6 Å². The van der Waals surface area contributed by atoms with Crippen molar-refractivity contribution in [1.82, 2.24) is 14.4 Å². The molecular weight excluding hydrogens is 371 g/mol. The van der Waals surface area contributed by atoms with Crippen molar-refractivity contribution in [2.24, 2.45) is 0 Å². The minimum atomic E-state index is -0.278. The van der Waals surface area contributed by atoms with Gasteiger partial charge < -0.3 is 14.7 Å². The predicted molar refractivity (Wildman–Crippen MR) is 109 cm³/mol. The average molecular weight is 392 g/mol. The van der Waals surface area contributed by atoms with Crippen molar-refractivity contribution in [3.8, 4) is 11.3 Å². The second-order valence-electron chi connectivity index (χ2n) is 7.23. The Balaban J connectivity index is 1.70. The highest BCUT2D eigenvalue weighted by atomic mass is 19.1. The lowest BCUT2D eigenvalue weighted by atomic mass is 9.93. The van der Waals surface area contributed by atoms with Gasteiger partial charge in [0.2, 0.25) is 0 Å². The molecule has 1 unspecified atom stereocenters. The number of benzene rings is 1. The molecule has 0 bridgehead atoms. The standard InChI is InChI=1S/C22H21FN4O2/c23-17-5-1-15(2-6-17)19-20(16-3-7-18(28)8-4-16)27-10-9-24-21(22(27)25-19)26-11-13-29-14-12-26/h1-3,5-10,16,28H,4,11-14H2. The summed E-state index contributed by atoms with van der Waals surface area (Å²) < 4.78 is 21.1. The summed E-state index contributed by atoms with van der Waals surface area (Å²) in [5, 5.41) is 9.75. The van der Waals surface area contributed by atoms with E-state index in [9.17, 15) is 9.50 Å². The number of morpholine rings is 1. The monoisotopic (exact) mass is 392 g/mol. The lowest BCUT2D eigenvalue weighted by Gasteiger charge is -2.27. The first-order valence-corrected chi connectivity index (χ1v) is 9.73. The van der Waals surface area contributed by atoms with Crippen LogP contribution < -0.4 is 4.90 Å². The molecule has 0 amide bonds. The van der Waals surface area contributed by atoms with Crippen molar-refractivity contribution in [1.29, 1.82) is 0 Å². The fourth-order valence-corrected chi connectivity index (χ4v) is 3.97. The Morgan fingerprint density at radius 2 is 1.93 bits per heavy atom. The molecule has 3 heterocycles. The van der Waals surface area contributed by atoms with Crippen molar-refractivity contribution < 1.29 is 14.2 Å². The Bertz CT molecular complexity index is 1100. The summed E-state index contributed by atoms with van der Waals surface area (Å²) in [4.78, 5) is 11.8. The van der Waals surface area contributed by atoms with Crippen LogP contribution in [0.25, 0.3) is 16.9 Å². The first-order valence-electron chi connectivity index (χ1n) is 9.73. The molecule has 0 saturated carbocycles. The van der Waals surface area contributed by atoms with Crippen molar-refractivity contribution in [3.05, 3.63) is 72.2 Å². The van der Waals surface area contributed by atoms with Crippen LogP contribution in [0, 0.1) is 5.82 Å². The maximum absolute atomic E-state index is 13.5. The molecule has 7 heteroatoms. The Morgan fingerprint density at radius 3 is 2.66 bits per heavy atom. The van der Waals surface area contributed by atoms with Gasteiger partial charge in [0.15, 0.2) is 11.5 Å². The van der Waals surface area contributed by atoms with Crippen LogP contribution in [0.1, 0.15) is 18.0 Å². The molecule has 29 heavy (non-hydrogen) atoms. The van der Waals surface area contributed by atoms with Crippen LogP contribution in [0.15, 0.2) is 60.6 Å². The zero-order chi connectivity index (χ0) is 19.8. The number of aliphatic hydroxyl groups is 1. The third-order valence-electron chi connectivity index (χ3n) is 5.42. The fraction of sp³-hybridized carbons (Fsp3) is 0.273. The van der Waals surface area contributed by atoms with Crippen LogP contribution in [0.5, 0.6) is 0 Å². The van der Waals surface area contributed by atoms with Crippen molar-refractivity contribution in [2.75, 3.05) is 31.2 Å². The van der Waals surface area contributed by atoms with Gasteiger partial charge in [-0.3, -0.25) is 4.40 Å². The molecule has 1 saturated heterocycles. The van der Waals surface area contributed by atoms with Crippen molar-refractivity contribution >= 4 is 11.5 Å². The highest BCUT2D eigenvalue weighted by Gasteiger charge is 2.25. The molecule has 1 atom stereocenters. The molecule has 2 aliphatic rings. The van der Waals surface area contributed by atoms with Gasteiger partial charge in [0.25, 0.3) is 0 Å². The number of ether oxygens (including phenoxy) is 1. The summed E-state index contributed by atoms with van der Waals surface area (Å²) in [7, 11) is 0. The topological polar surface area (TPSA) is 62.9 Å². The van der Waals surface area contributed by atoms with E-state index in [1.807, 2.05) is 18.3 Å². The van der Waals surface area contributed by atoms with Crippen molar-refractivity contribution in [2.45, 2.75) is 12.3 Å². The van der Waals surface area contributed by atoms with E-state index >= 15 is 0 Å². The molecule has 1 aromatic carbocycles. The number of nitrogens with zero attached hydrogens (tertiary/aromatic N) is 4. The predicted octanol–water partition coefficient (Wildman–Crippen LogP) is 3.86. The Kier molecular flexibility index (Phi) is 4.52. The number of aliphatic hydroxyl groups excluding tert-OH is 1. The highest BCUT2D eigenvalue weighted by molar-refractivity contribution is 5.74. The summed E-state index contributed by atoms with van der Waals surface area (Å²) in [5.74, 6) is 0.860. The quantitative estimate of drug-likeness (QED) is 0.733. The molecule has 1 aliphatic heterocycles. The van der Waals surface area contributed by atoms with Gasteiger partial charge in [-0.1, -0.05) is 6.08 Å². The Hall–Kier alpha value is -3.19. The Morgan fingerprint density at radius 1 is 1.14 bits per heavy atom. The van der Waals surface area contributed by atoms with Crippen LogP contribution in [-0.2, 0) is 4.74 Å².